The van der Waals surface area contributed by atoms with E-state index >= 15 is 0 Å². The fourth-order valence-corrected chi connectivity index (χ4v) is 2.77. The summed E-state index contributed by atoms with van der Waals surface area (Å²) < 4.78 is 21.9. The predicted molar refractivity (Wildman–Crippen MR) is 90.0 cm³/mol. The van der Waals surface area contributed by atoms with Crippen LogP contribution in [0.15, 0.2) is 24.3 Å². The maximum atomic E-state index is 12.0. The molecule has 1 aromatic carbocycles. The van der Waals surface area contributed by atoms with E-state index < -0.39 is 25.6 Å². The van der Waals surface area contributed by atoms with Crippen LogP contribution in [-0.2, 0) is 23.5 Å². The van der Waals surface area contributed by atoms with Crippen LogP contribution < -0.4 is 9.42 Å². The van der Waals surface area contributed by atoms with Crippen molar-refractivity contribution < 1.29 is 42.2 Å². The number of rotatable bonds is 8. The number of quaternary nitrogens is 1. The lowest BCUT2D eigenvalue weighted by atomic mass is 10.2. The summed E-state index contributed by atoms with van der Waals surface area (Å²) in [5, 5.41) is 0.431. The number of likely N-dealkylation sites (N-methyl/N-ethyl adjacent to an activating group) is 1. The monoisotopic (exact) mass is 400 g/mol. The number of imide groups is 1. The first-order valence-electron chi connectivity index (χ1n) is 8.11. The Morgan fingerprint density at radius 2 is 1.70 bits per heavy atom. The Labute approximate surface area is 156 Å². The van der Waals surface area contributed by atoms with Crippen molar-refractivity contribution in [1.29, 1.82) is 0 Å². The zero-order chi connectivity index (χ0) is 20.2. The van der Waals surface area contributed by atoms with Gasteiger partial charge in [-0.15, -0.1) is 5.06 Å². The molecule has 148 valence electrons. The van der Waals surface area contributed by atoms with Crippen molar-refractivity contribution in [2.45, 2.75) is 12.8 Å². The Bertz CT molecular complexity index is 756. The molecular formula is C16H21N2O8P. The van der Waals surface area contributed by atoms with Crippen LogP contribution in [-0.4, -0.2) is 61.6 Å². The van der Waals surface area contributed by atoms with E-state index in [2.05, 4.69) is 0 Å². The molecule has 27 heavy (non-hydrogen) atoms. The van der Waals surface area contributed by atoms with Crippen molar-refractivity contribution in [3.63, 3.8) is 0 Å². The number of phosphoric acid groups is 1. The molecule has 2 rings (SSSR count). The molecule has 0 N–H and O–H groups in total. The Kier molecular flexibility index (Phi) is 6.38. The van der Waals surface area contributed by atoms with Crippen molar-refractivity contribution in [1.82, 2.24) is 5.06 Å². The molecule has 0 saturated carbocycles. The molecule has 11 heteroatoms. The van der Waals surface area contributed by atoms with Crippen LogP contribution in [0.4, 0.5) is 0 Å². The number of phosphoric ester groups is 1. The standard InChI is InChI=1S/C16H21N2O8P/c1-18(2,3)10-11-24-27(22,23)26-13-6-4-12(5-7-13)16(21)25-17-14(19)8-9-15(17)20/h4-7H,8-11H2,1-3H3. The van der Waals surface area contributed by atoms with E-state index in [9.17, 15) is 23.8 Å². The number of hydroxylamine groups is 2. The lowest BCUT2D eigenvalue weighted by Gasteiger charge is -2.27. The normalized spacial score (nSPS) is 17.0. The highest BCUT2D eigenvalue weighted by Crippen LogP contribution is 2.39. The van der Waals surface area contributed by atoms with Crippen LogP contribution in [0.25, 0.3) is 0 Å². The second kappa shape index (κ2) is 8.18. The molecule has 1 unspecified atom stereocenters. The number of carbonyl (C=O) groups excluding carboxylic acids is 3. The van der Waals surface area contributed by atoms with Gasteiger partial charge in [0.2, 0.25) is 0 Å². The van der Waals surface area contributed by atoms with Crippen LogP contribution in [0.5, 0.6) is 5.75 Å². The van der Waals surface area contributed by atoms with E-state index in [1.165, 1.54) is 24.3 Å². The molecule has 1 fully saturated rings. The van der Waals surface area contributed by atoms with Gasteiger partial charge < -0.3 is 23.3 Å². The van der Waals surface area contributed by atoms with Crippen molar-refractivity contribution in [2.75, 3.05) is 34.3 Å². The smallest absolute Gasteiger partial charge is 0.363 e. The second-order valence-electron chi connectivity index (χ2n) is 6.87. The average molecular weight is 400 g/mol. The molecule has 0 aliphatic carbocycles. The summed E-state index contributed by atoms with van der Waals surface area (Å²) in [6, 6.07) is 4.96. The fraction of sp³-hybridized carbons (Fsp3) is 0.438. The summed E-state index contributed by atoms with van der Waals surface area (Å²) in [4.78, 5) is 51.4. The number of hydrogen-bond acceptors (Lipinski definition) is 8. The molecule has 1 aliphatic heterocycles. The highest BCUT2D eigenvalue weighted by molar-refractivity contribution is 7.46. The molecule has 10 nitrogen and oxygen atoms in total. The molecule has 0 bridgehead atoms. The maximum absolute atomic E-state index is 12.0. The Morgan fingerprint density at radius 1 is 1.15 bits per heavy atom. The van der Waals surface area contributed by atoms with Gasteiger partial charge in [-0.2, -0.15) is 0 Å². The molecular weight excluding hydrogens is 379 g/mol. The molecule has 1 heterocycles. The second-order valence-corrected chi connectivity index (χ2v) is 8.21. The molecule has 1 aromatic rings. The molecule has 1 atom stereocenters. The lowest BCUT2D eigenvalue weighted by Crippen LogP contribution is -2.37. The van der Waals surface area contributed by atoms with Gasteiger partial charge in [-0.25, -0.2) is 4.79 Å². The minimum Gasteiger partial charge on any atom is -0.746 e. The Morgan fingerprint density at radius 3 is 2.22 bits per heavy atom. The third kappa shape index (κ3) is 6.44. The van der Waals surface area contributed by atoms with Crippen LogP contribution in [0.1, 0.15) is 23.2 Å². The van der Waals surface area contributed by atoms with Gasteiger partial charge in [0.15, 0.2) is 0 Å². The SMILES string of the molecule is C[N+](C)(C)CCOP(=O)([O-])Oc1ccc(C(=O)ON2C(=O)CCC2=O)cc1. The van der Waals surface area contributed by atoms with Gasteiger partial charge in [-0.3, -0.25) is 14.2 Å². The van der Waals surface area contributed by atoms with E-state index in [1.807, 2.05) is 21.1 Å². The number of hydrogen-bond donors (Lipinski definition) is 0. The molecule has 1 aliphatic rings. The number of amides is 2. The van der Waals surface area contributed by atoms with Gasteiger partial charge in [0.25, 0.3) is 11.8 Å². The zero-order valence-corrected chi connectivity index (χ0v) is 16.1. The number of nitrogens with zero attached hydrogens (tertiary/aromatic N) is 2. The van der Waals surface area contributed by atoms with Gasteiger partial charge in [0.05, 0.1) is 26.7 Å². The summed E-state index contributed by atoms with van der Waals surface area (Å²) >= 11 is 0. The van der Waals surface area contributed by atoms with E-state index in [4.69, 9.17) is 13.9 Å². The zero-order valence-electron chi connectivity index (χ0n) is 15.2. The maximum Gasteiger partial charge on any atom is 0.363 e. The van der Waals surface area contributed by atoms with Crippen LogP contribution in [0, 0.1) is 0 Å². The molecule has 0 aromatic heterocycles. The van der Waals surface area contributed by atoms with Crippen molar-refractivity contribution in [3.05, 3.63) is 29.8 Å². The predicted octanol–water partition coefficient (Wildman–Crippen LogP) is 0.477. The molecule has 0 spiro atoms. The van der Waals surface area contributed by atoms with E-state index in [-0.39, 0.29) is 30.8 Å². The quantitative estimate of drug-likeness (QED) is 0.351. The van der Waals surface area contributed by atoms with Gasteiger partial charge in [-0.1, -0.05) is 0 Å². The summed E-state index contributed by atoms with van der Waals surface area (Å²) in [7, 11) is 1.12. The largest absolute Gasteiger partial charge is 0.746 e. The number of benzene rings is 1. The van der Waals surface area contributed by atoms with E-state index in [0.29, 0.717) is 16.1 Å². The third-order valence-corrected chi connectivity index (χ3v) is 4.43. The topological polar surface area (TPSA) is 122 Å². The van der Waals surface area contributed by atoms with Gasteiger partial charge >= 0.3 is 13.8 Å². The number of carbonyl (C=O) groups is 3. The van der Waals surface area contributed by atoms with Crippen molar-refractivity contribution in [3.8, 4) is 5.75 Å². The van der Waals surface area contributed by atoms with Gasteiger partial charge in [0.1, 0.15) is 18.9 Å². The van der Waals surface area contributed by atoms with Gasteiger partial charge in [-0.05, 0) is 24.3 Å². The first kappa shape index (κ1) is 21.0. The van der Waals surface area contributed by atoms with Crippen LogP contribution in [0.3, 0.4) is 0 Å². The Balaban J connectivity index is 1.92. The van der Waals surface area contributed by atoms with E-state index in [0.717, 1.165) is 0 Å². The van der Waals surface area contributed by atoms with Gasteiger partial charge in [0, 0.05) is 12.8 Å². The van der Waals surface area contributed by atoms with Crippen molar-refractivity contribution in [2.24, 2.45) is 0 Å². The molecule has 0 radical (unpaired) electrons. The third-order valence-electron chi connectivity index (χ3n) is 3.50. The molecule has 2 amide bonds. The minimum absolute atomic E-state index is 0.00816. The summed E-state index contributed by atoms with van der Waals surface area (Å²) in [6.07, 6.45) is -0.0163. The summed E-state index contributed by atoms with van der Waals surface area (Å²) in [6.45, 7) is 0.431. The summed E-state index contributed by atoms with van der Waals surface area (Å²) in [5.74, 6) is -2.16. The minimum atomic E-state index is -4.55. The van der Waals surface area contributed by atoms with Crippen LogP contribution in [0.2, 0.25) is 0 Å². The highest BCUT2D eigenvalue weighted by Gasteiger charge is 2.33. The highest BCUT2D eigenvalue weighted by atomic mass is 31.2. The molecule has 1 saturated heterocycles. The Hall–Kier alpha value is -2.26. The lowest BCUT2D eigenvalue weighted by molar-refractivity contribution is -0.870. The van der Waals surface area contributed by atoms with E-state index in [1.54, 1.807) is 0 Å². The van der Waals surface area contributed by atoms with Crippen molar-refractivity contribution >= 4 is 25.6 Å². The fourth-order valence-electron chi connectivity index (χ4n) is 2.03. The first-order valence-corrected chi connectivity index (χ1v) is 9.57. The average Bonchev–Trinajstić information content (AvgIpc) is 2.85. The first-order chi connectivity index (χ1) is 12.5. The van der Waals surface area contributed by atoms with Crippen LogP contribution >= 0.6 is 7.82 Å². The summed E-state index contributed by atoms with van der Waals surface area (Å²) in [5.41, 5.74) is 0.0153.